The van der Waals surface area contributed by atoms with Crippen molar-refractivity contribution in [2.45, 2.75) is 24.9 Å². The van der Waals surface area contributed by atoms with Crippen LogP contribution in [0.5, 0.6) is 0 Å². The Morgan fingerprint density at radius 1 is 1.29 bits per heavy atom. The van der Waals surface area contributed by atoms with Gasteiger partial charge in [-0.3, -0.25) is 0 Å². The van der Waals surface area contributed by atoms with Gasteiger partial charge in [0.25, 0.3) is 10.0 Å². The second kappa shape index (κ2) is 6.31. The van der Waals surface area contributed by atoms with Crippen LogP contribution in [0.4, 0.5) is 0 Å². The first-order chi connectivity index (χ1) is 11.4. The molecule has 7 nitrogen and oxygen atoms in total. The first kappa shape index (κ1) is 16.6. The van der Waals surface area contributed by atoms with Crippen molar-refractivity contribution in [3.63, 3.8) is 0 Å². The summed E-state index contributed by atoms with van der Waals surface area (Å²) in [6.45, 7) is 3.25. The number of nitrogens with zero attached hydrogens (tertiary/aromatic N) is 2. The molecule has 3 aromatic rings. The van der Waals surface area contributed by atoms with Gasteiger partial charge in [0.2, 0.25) is 0 Å². The van der Waals surface area contributed by atoms with E-state index in [9.17, 15) is 8.42 Å². The van der Waals surface area contributed by atoms with E-state index in [1.165, 1.54) is 12.3 Å². The Labute approximate surface area is 139 Å². The zero-order valence-corrected chi connectivity index (χ0v) is 14.1. The van der Waals surface area contributed by atoms with Gasteiger partial charge in [-0.15, -0.1) is 0 Å². The number of fused-ring (bicyclic) bond motifs is 1. The Morgan fingerprint density at radius 3 is 2.75 bits per heavy atom. The van der Waals surface area contributed by atoms with Gasteiger partial charge in [-0.1, -0.05) is 0 Å². The van der Waals surface area contributed by atoms with Crippen LogP contribution >= 0.6 is 0 Å². The fraction of sp³-hybridized carbons (Fsp3) is 0.250. The summed E-state index contributed by atoms with van der Waals surface area (Å²) in [6.07, 6.45) is 3.22. The zero-order valence-electron chi connectivity index (χ0n) is 13.3. The van der Waals surface area contributed by atoms with E-state index in [0.717, 1.165) is 27.9 Å². The number of hydrogen-bond donors (Lipinski definition) is 3. The molecule has 0 spiro atoms. The minimum atomic E-state index is -3.75. The first-order valence-corrected chi connectivity index (χ1v) is 8.93. The van der Waals surface area contributed by atoms with Crippen molar-refractivity contribution >= 4 is 21.1 Å². The summed E-state index contributed by atoms with van der Waals surface area (Å²) in [5.74, 6) is 0. The molecule has 0 amide bonds. The molecule has 3 heterocycles. The van der Waals surface area contributed by atoms with Gasteiger partial charge in [0, 0.05) is 35.1 Å². The van der Waals surface area contributed by atoms with E-state index in [-0.39, 0.29) is 11.6 Å². The third-order valence-electron chi connectivity index (χ3n) is 3.62. The summed E-state index contributed by atoms with van der Waals surface area (Å²) in [5.41, 5.74) is 3.51. The summed E-state index contributed by atoms with van der Waals surface area (Å²) in [6, 6.07) is 6.45. The third-order valence-corrected chi connectivity index (χ3v) is 5.12. The number of aromatic amines is 1. The number of aliphatic hydroxyl groups excluding tert-OH is 1. The number of sulfonamides is 1. The lowest BCUT2D eigenvalue weighted by Crippen LogP contribution is -2.35. The summed E-state index contributed by atoms with van der Waals surface area (Å²) >= 11 is 0. The molecule has 0 unspecified atom stereocenters. The molecule has 3 rings (SSSR count). The molecule has 8 heteroatoms. The highest BCUT2D eigenvalue weighted by atomic mass is 32.2. The number of pyridine rings is 2. The van der Waals surface area contributed by atoms with E-state index in [2.05, 4.69) is 19.7 Å². The van der Waals surface area contributed by atoms with Crippen LogP contribution < -0.4 is 4.72 Å². The highest BCUT2D eigenvalue weighted by Crippen LogP contribution is 2.27. The quantitative estimate of drug-likeness (QED) is 0.650. The van der Waals surface area contributed by atoms with E-state index >= 15 is 0 Å². The van der Waals surface area contributed by atoms with E-state index in [0.29, 0.717) is 0 Å². The monoisotopic (exact) mass is 346 g/mol. The van der Waals surface area contributed by atoms with Crippen LogP contribution in [-0.2, 0) is 10.0 Å². The van der Waals surface area contributed by atoms with Crippen LogP contribution in [0, 0.1) is 6.92 Å². The van der Waals surface area contributed by atoms with Crippen molar-refractivity contribution < 1.29 is 13.5 Å². The number of aryl methyl sites for hydroxylation is 1. The van der Waals surface area contributed by atoms with Crippen LogP contribution in [0.1, 0.15) is 12.6 Å². The SMILES string of the molecule is Cc1cc2c(-c3ccc(S(=O)(=O)N[C@H](C)CO)nc3)ccnc2[nH]1. The molecule has 0 aromatic carbocycles. The number of rotatable bonds is 5. The van der Waals surface area contributed by atoms with Crippen molar-refractivity contribution in [3.8, 4) is 11.1 Å². The topological polar surface area (TPSA) is 108 Å². The van der Waals surface area contributed by atoms with Gasteiger partial charge in [0.05, 0.1) is 6.61 Å². The number of aromatic nitrogens is 3. The molecular formula is C16H18N4O3S. The van der Waals surface area contributed by atoms with E-state index in [1.807, 2.05) is 19.1 Å². The molecule has 0 bridgehead atoms. The van der Waals surface area contributed by atoms with E-state index in [4.69, 9.17) is 5.11 Å². The lowest BCUT2D eigenvalue weighted by Gasteiger charge is -2.11. The molecule has 3 N–H and O–H groups in total. The van der Waals surface area contributed by atoms with Crippen molar-refractivity contribution in [3.05, 3.63) is 42.4 Å². The summed E-state index contributed by atoms with van der Waals surface area (Å²) < 4.78 is 26.7. The predicted octanol–water partition coefficient (Wildman–Crippen LogP) is 1.59. The van der Waals surface area contributed by atoms with Crippen molar-refractivity contribution in [1.82, 2.24) is 19.7 Å². The van der Waals surface area contributed by atoms with Gasteiger partial charge in [-0.05, 0) is 43.7 Å². The molecule has 0 radical (unpaired) electrons. The number of nitrogens with one attached hydrogen (secondary N) is 2. The maximum absolute atomic E-state index is 12.2. The van der Waals surface area contributed by atoms with E-state index < -0.39 is 16.1 Å². The third kappa shape index (κ3) is 3.16. The van der Waals surface area contributed by atoms with Gasteiger partial charge in [-0.25, -0.2) is 23.1 Å². The number of hydrogen-bond acceptors (Lipinski definition) is 5. The normalized spacial score (nSPS) is 13.3. The smallest absolute Gasteiger partial charge is 0.258 e. The molecule has 0 fully saturated rings. The fourth-order valence-corrected chi connectivity index (χ4v) is 3.63. The largest absolute Gasteiger partial charge is 0.395 e. The average Bonchev–Trinajstić information content (AvgIpc) is 2.94. The number of H-pyrrole nitrogens is 1. The lowest BCUT2D eigenvalue weighted by molar-refractivity contribution is 0.265. The average molecular weight is 346 g/mol. The standard InChI is InChI=1S/C16H18N4O3S/c1-10-7-14-13(5-6-17-16(14)19-10)12-3-4-15(18-8-12)24(22,23)20-11(2)9-21/h3-8,11,20-21H,9H2,1-2H3,(H,17,19)/t11-/m1/s1. The minimum absolute atomic E-state index is 0.0814. The highest BCUT2D eigenvalue weighted by molar-refractivity contribution is 7.89. The second-order valence-corrected chi connectivity index (χ2v) is 7.32. The molecule has 1 atom stereocenters. The van der Waals surface area contributed by atoms with Crippen LogP contribution in [-0.4, -0.2) is 41.1 Å². The van der Waals surface area contributed by atoms with Crippen LogP contribution in [0.3, 0.4) is 0 Å². The molecule has 126 valence electrons. The summed E-state index contributed by atoms with van der Waals surface area (Å²) in [5, 5.41) is 9.86. The Hall–Kier alpha value is -2.29. The van der Waals surface area contributed by atoms with Crippen molar-refractivity contribution in [1.29, 1.82) is 0 Å². The molecule has 0 aliphatic carbocycles. The van der Waals surface area contributed by atoms with Gasteiger partial charge in [-0.2, -0.15) is 0 Å². The van der Waals surface area contributed by atoms with Gasteiger partial charge in [0.15, 0.2) is 5.03 Å². The van der Waals surface area contributed by atoms with Crippen LogP contribution in [0.15, 0.2) is 41.7 Å². The Kier molecular flexibility index (Phi) is 4.35. The maximum atomic E-state index is 12.2. The Bertz CT molecular complexity index is 965. The highest BCUT2D eigenvalue weighted by Gasteiger charge is 2.18. The first-order valence-electron chi connectivity index (χ1n) is 7.44. The Morgan fingerprint density at radius 2 is 2.08 bits per heavy atom. The second-order valence-electron chi connectivity index (χ2n) is 5.66. The van der Waals surface area contributed by atoms with Crippen molar-refractivity contribution in [2.24, 2.45) is 0 Å². The molecule has 24 heavy (non-hydrogen) atoms. The lowest BCUT2D eigenvalue weighted by atomic mass is 10.1. The van der Waals surface area contributed by atoms with Crippen molar-refractivity contribution in [2.75, 3.05) is 6.61 Å². The van der Waals surface area contributed by atoms with Crippen LogP contribution in [0.25, 0.3) is 22.2 Å². The fourth-order valence-electron chi connectivity index (χ4n) is 2.47. The molecule has 0 saturated heterocycles. The van der Waals surface area contributed by atoms with Gasteiger partial charge in [0.1, 0.15) is 5.65 Å². The maximum Gasteiger partial charge on any atom is 0.258 e. The Balaban J connectivity index is 1.97. The zero-order chi connectivity index (χ0) is 17.3. The molecular weight excluding hydrogens is 328 g/mol. The van der Waals surface area contributed by atoms with Gasteiger partial charge < -0.3 is 10.1 Å². The van der Waals surface area contributed by atoms with Crippen LogP contribution in [0.2, 0.25) is 0 Å². The molecule has 3 aromatic heterocycles. The molecule has 0 saturated carbocycles. The number of aliphatic hydroxyl groups is 1. The summed E-state index contributed by atoms with van der Waals surface area (Å²) in [4.78, 5) is 11.5. The molecule has 0 aliphatic heterocycles. The van der Waals surface area contributed by atoms with E-state index in [1.54, 1.807) is 19.2 Å². The minimum Gasteiger partial charge on any atom is -0.395 e. The predicted molar refractivity (Wildman–Crippen MR) is 90.9 cm³/mol. The summed E-state index contributed by atoms with van der Waals surface area (Å²) in [7, 11) is -3.75. The van der Waals surface area contributed by atoms with Gasteiger partial charge >= 0.3 is 0 Å². The molecule has 0 aliphatic rings.